The van der Waals surface area contributed by atoms with E-state index in [-0.39, 0.29) is 23.1 Å². The standard InChI is InChI=1S/C12H15F2NS/c1-7(15)12(3-4-12)8-5-10(14)11(16-2)6-9(8)13/h5-7H,3-4,15H2,1-2H3. The smallest absolute Gasteiger partial charge is 0.137 e. The van der Waals surface area contributed by atoms with Crippen LogP contribution in [0, 0.1) is 11.6 Å². The highest BCUT2D eigenvalue weighted by atomic mass is 32.2. The Morgan fingerprint density at radius 2 is 1.94 bits per heavy atom. The molecule has 4 heteroatoms. The first-order valence-electron chi connectivity index (χ1n) is 5.30. The zero-order valence-electron chi connectivity index (χ0n) is 9.39. The largest absolute Gasteiger partial charge is 0.327 e. The molecular weight excluding hydrogens is 228 g/mol. The van der Waals surface area contributed by atoms with Crippen molar-refractivity contribution in [2.24, 2.45) is 5.73 Å². The number of nitrogens with two attached hydrogens (primary N) is 1. The summed E-state index contributed by atoms with van der Waals surface area (Å²) >= 11 is 1.21. The van der Waals surface area contributed by atoms with Gasteiger partial charge in [0.05, 0.1) is 0 Å². The predicted molar refractivity (Wildman–Crippen MR) is 62.7 cm³/mol. The molecule has 88 valence electrons. The van der Waals surface area contributed by atoms with Crippen molar-refractivity contribution in [2.45, 2.75) is 36.1 Å². The Balaban J connectivity index is 2.47. The second kappa shape index (κ2) is 4.00. The van der Waals surface area contributed by atoms with E-state index in [0.29, 0.717) is 10.5 Å². The maximum absolute atomic E-state index is 13.9. The first-order valence-corrected chi connectivity index (χ1v) is 6.53. The monoisotopic (exact) mass is 243 g/mol. The van der Waals surface area contributed by atoms with Crippen molar-refractivity contribution >= 4 is 11.8 Å². The molecule has 0 amide bonds. The SMILES string of the molecule is CSc1cc(F)c(C2(C(C)N)CC2)cc1F. The molecule has 2 N–H and O–H groups in total. The van der Waals surface area contributed by atoms with Crippen LogP contribution in [-0.4, -0.2) is 12.3 Å². The van der Waals surface area contributed by atoms with Crippen molar-refractivity contribution in [1.29, 1.82) is 0 Å². The van der Waals surface area contributed by atoms with E-state index in [4.69, 9.17) is 5.73 Å². The van der Waals surface area contributed by atoms with E-state index in [1.54, 1.807) is 6.26 Å². The molecule has 1 aliphatic carbocycles. The van der Waals surface area contributed by atoms with E-state index in [2.05, 4.69) is 0 Å². The molecule has 0 saturated heterocycles. The fourth-order valence-electron chi connectivity index (χ4n) is 2.17. The maximum atomic E-state index is 13.9. The lowest BCUT2D eigenvalue weighted by Gasteiger charge is -2.21. The Labute approximate surface area is 98.4 Å². The van der Waals surface area contributed by atoms with Crippen LogP contribution in [0.1, 0.15) is 25.3 Å². The van der Waals surface area contributed by atoms with E-state index in [0.717, 1.165) is 12.8 Å². The summed E-state index contributed by atoms with van der Waals surface area (Å²) in [5.41, 5.74) is 5.97. The minimum atomic E-state index is -0.351. The van der Waals surface area contributed by atoms with Crippen LogP contribution in [-0.2, 0) is 5.41 Å². The zero-order valence-corrected chi connectivity index (χ0v) is 10.2. The Hall–Kier alpha value is -0.610. The minimum Gasteiger partial charge on any atom is -0.327 e. The first kappa shape index (κ1) is 11.9. The molecule has 0 aromatic heterocycles. The highest BCUT2D eigenvalue weighted by Gasteiger charge is 2.49. The summed E-state index contributed by atoms with van der Waals surface area (Å²) in [5.74, 6) is -0.684. The average Bonchev–Trinajstić information content (AvgIpc) is 3.01. The summed E-state index contributed by atoms with van der Waals surface area (Å²) in [6.07, 6.45) is 3.43. The maximum Gasteiger partial charge on any atom is 0.137 e. The molecule has 1 aromatic carbocycles. The molecule has 0 heterocycles. The van der Waals surface area contributed by atoms with E-state index in [1.165, 1.54) is 23.9 Å². The number of hydrogen-bond donors (Lipinski definition) is 1. The van der Waals surface area contributed by atoms with E-state index in [9.17, 15) is 8.78 Å². The molecule has 0 spiro atoms. The van der Waals surface area contributed by atoms with Crippen LogP contribution < -0.4 is 5.73 Å². The molecule has 1 aliphatic rings. The lowest BCUT2D eigenvalue weighted by Crippen LogP contribution is -2.32. The lowest BCUT2D eigenvalue weighted by atomic mass is 9.89. The van der Waals surface area contributed by atoms with Crippen molar-refractivity contribution in [2.75, 3.05) is 6.26 Å². The lowest BCUT2D eigenvalue weighted by molar-refractivity contribution is 0.497. The van der Waals surface area contributed by atoms with Gasteiger partial charge >= 0.3 is 0 Å². The van der Waals surface area contributed by atoms with Crippen LogP contribution in [0.15, 0.2) is 17.0 Å². The summed E-state index contributed by atoms with van der Waals surface area (Å²) in [6.45, 7) is 1.85. The molecule has 0 bridgehead atoms. The van der Waals surface area contributed by atoms with Gasteiger partial charge in [0.2, 0.25) is 0 Å². The molecule has 2 rings (SSSR count). The average molecular weight is 243 g/mol. The van der Waals surface area contributed by atoms with Crippen molar-refractivity contribution < 1.29 is 8.78 Å². The van der Waals surface area contributed by atoms with Crippen LogP contribution in [0.3, 0.4) is 0 Å². The molecule has 1 atom stereocenters. The van der Waals surface area contributed by atoms with Gasteiger partial charge in [-0.3, -0.25) is 0 Å². The predicted octanol–water partition coefficient (Wildman–Crippen LogP) is 3.07. The molecule has 0 radical (unpaired) electrons. The van der Waals surface area contributed by atoms with Crippen molar-refractivity contribution in [1.82, 2.24) is 0 Å². The summed E-state index contributed by atoms with van der Waals surface area (Å²) in [6, 6.07) is 2.46. The number of hydrogen-bond acceptors (Lipinski definition) is 2. The Kier molecular flexibility index (Phi) is 2.97. The fraction of sp³-hybridized carbons (Fsp3) is 0.500. The third kappa shape index (κ3) is 1.74. The highest BCUT2D eigenvalue weighted by molar-refractivity contribution is 7.98. The van der Waals surface area contributed by atoms with E-state index >= 15 is 0 Å². The molecular formula is C12H15F2NS. The van der Waals surface area contributed by atoms with Gasteiger partial charge in [-0.2, -0.15) is 0 Å². The van der Waals surface area contributed by atoms with Gasteiger partial charge in [0.1, 0.15) is 11.6 Å². The topological polar surface area (TPSA) is 26.0 Å². The van der Waals surface area contributed by atoms with E-state index < -0.39 is 0 Å². The van der Waals surface area contributed by atoms with Crippen LogP contribution in [0.5, 0.6) is 0 Å². The van der Waals surface area contributed by atoms with E-state index in [1.807, 2.05) is 6.92 Å². The van der Waals surface area contributed by atoms with Crippen LogP contribution >= 0.6 is 11.8 Å². The van der Waals surface area contributed by atoms with Crippen molar-refractivity contribution in [3.63, 3.8) is 0 Å². The van der Waals surface area contributed by atoms with Gasteiger partial charge in [0.15, 0.2) is 0 Å². The van der Waals surface area contributed by atoms with Crippen LogP contribution in [0.2, 0.25) is 0 Å². The molecule has 1 nitrogen and oxygen atoms in total. The quantitative estimate of drug-likeness (QED) is 0.826. The van der Waals surface area contributed by atoms with Crippen molar-refractivity contribution in [3.8, 4) is 0 Å². The number of halogens is 2. The summed E-state index contributed by atoms with van der Waals surface area (Å²) in [4.78, 5) is 0.349. The second-order valence-corrected chi connectivity index (χ2v) is 5.26. The normalized spacial score (nSPS) is 19.6. The molecule has 1 unspecified atom stereocenters. The molecule has 16 heavy (non-hydrogen) atoms. The molecule has 1 saturated carbocycles. The van der Waals surface area contributed by atoms with Gasteiger partial charge < -0.3 is 5.73 Å². The minimum absolute atomic E-state index is 0.137. The summed E-state index contributed by atoms with van der Waals surface area (Å²) < 4.78 is 27.5. The highest BCUT2D eigenvalue weighted by Crippen LogP contribution is 2.51. The first-order chi connectivity index (χ1) is 7.51. The Morgan fingerprint density at radius 1 is 1.31 bits per heavy atom. The van der Waals surface area contributed by atoms with Crippen LogP contribution in [0.4, 0.5) is 8.78 Å². The fourth-order valence-corrected chi connectivity index (χ4v) is 2.65. The Morgan fingerprint density at radius 3 is 2.38 bits per heavy atom. The Bertz CT molecular complexity index is 414. The van der Waals surface area contributed by atoms with Gasteiger partial charge in [-0.05, 0) is 43.7 Å². The number of rotatable bonds is 3. The molecule has 1 fully saturated rings. The molecule has 1 aromatic rings. The molecule has 0 aliphatic heterocycles. The third-order valence-electron chi connectivity index (χ3n) is 3.44. The van der Waals surface area contributed by atoms with Crippen LogP contribution in [0.25, 0.3) is 0 Å². The van der Waals surface area contributed by atoms with Gasteiger partial charge in [0.25, 0.3) is 0 Å². The van der Waals surface area contributed by atoms with Gasteiger partial charge in [-0.1, -0.05) is 0 Å². The number of benzene rings is 1. The van der Waals surface area contributed by atoms with Crippen molar-refractivity contribution in [3.05, 3.63) is 29.3 Å². The summed E-state index contributed by atoms with van der Waals surface area (Å²) in [5, 5.41) is 0. The summed E-state index contributed by atoms with van der Waals surface area (Å²) in [7, 11) is 0. The number of thioether (sulfide) groups is 1. The zero-order chi connectivity index (χ0) is 11.9. The second-order valence-electron chi connectivity index (χ2n) is 4.41. The van der Waals surface area contributed by atoms with Gasteiger partial charge in [-0.25, -0.2) is 8.78 Å². The third-order valence-corrected chi connectivity index (χ3v) is 4.19. The van der Waals surface area contributed by atoms with Gasteiger partial charge in [-0.15, -0.1) is 11.8 Å². The van der Waals surface area contributed by atoms with Gasteiger partial charge in [0, 0.05) is 16.4 Å².